The van der Waals surface area contributed by atoms with E-state index < -0.39 is 11.9 Å². The summed E-state index contributed by atoms with van der Waals surface area (Å²) in [5, 5.41) is 1.70. The van der Waals surface area contributed by atoms with Gasteiger partial charge in [0.05, 0.1) is 11.1 Å². The molecular formula is C22H14N2O3. The van der Waals surface area contributed by atoms with E-state index in [0.717, 1.165) is 22.2 Å². The van der Waals surface area contributed by atoms with Crippen molar-refractivity contribution in [2.75, 3.05) is 0 Å². The van der Waals surface area contributed by atoms with E-state index >= 15 is 0 Å². The maximum Gasteiger partial charge on any atom is 0.347 e. The predicted octanol–water partition coefficient (Wildman–Crippen LogP) is 4.29. The van der Waals surface area contributed by atoms with Gasteiger partial charge < -0.3 is 4.74 Å². The lowest BCUT2D eigenvalue weighted by atomic mass is 10.0. The number of cyclic esters (lactones) is 2. The van der Waals surface area contributed by atoms with E-state index in [-0.39, 0.29) is 0 Å². The molecule has 0 bridgehead atoms. The molecule has 0 radical (unpaired) electrons. The summed E-state index contributed by atoms with van der Waals surface area (Å²) >= 11 is 0. The lowest BCUT2D eigenvalue weighted by Gasteiger charge is -1.99. The summed E-state index contributed by atoms with van der Waals surface area (Å²) < 4.78 is 4.56. The minimum Gasteiger partial charge on any atom is -0.386 e. The highest BCUT2D eigenvalue weighted by atomic mass is 16.6. The molecule has 0 amide bonds. The molecule has 5 nitrogen and oxygen atoms in total. The van der Waals surface area contributed by atoms with Crippen molar-refractivity contribution in [2.45, 2.75) is 0 Å². The van der Waals surface area contributed by atoms with Crippen LogP contribution in [-0.4, -0.2) is 21.9 Å². The molecule has 3 aromatic carbocycles. The van der Waals surface area contributed by atoms with Gasteiger partial charge in [-0.2, -0.15) is 0 Å². The summed E-state index contributed by atoms with van der Waals surface area (Å²) in [4.78, 5) is 31.0. The second kappa shape index (κ2) is 7.17. The van der Waals surface area contributed by atoms with Gasteiger partial charge in [-0.25, -0.2) is 19.6 Å². The Hall–Kier alpha value is -3.86. The van der Waals surface area contributed by atoms with Gasteiger partial charge in [0.25, 0.3) is 0 Å². The van der Waals surface area contributed by atoms with E-state index in [9.17, 15) is 9.59 Å². The van der Waals surface area contributed by atoms with Crippen molar-refractivity contribution in [2.24, 2.45) is 0 Å². The highest BCUT2D eigenvalue weighted by Crippen LogP contribution is 2.28. The third-order valence-corrected chi connectivity index (χ3v) is 4.14. The molecule has 0 fully saturated rings. The number of carbonyl (C=O) groups is 2. The molecular weight excluding hydrogens is 340 g/mol. The van der Waals surface area contributed by atoms with E-state index in [1.54, 1.807) is 18.5 Å². The first-order valence-electron chi connectivity index (χ1n) is 8.35. The Morgan fingerprint density at radius 1 is 0.667 bits per heavy atom. The zero-order valence-corrected chi connectivity index (χ0v) is 14.2. The molecule has 4 aromatic rings. The van der Waals surface area contributed by atoms with E-state index in [1.807, 2.05) is 66.7 Å². The van der Waals surface area contributed by atoms with Crippen molar-refractivity contribution in [3.8, 4) is 11.4 Å². The van der Waals surface area contributed by atoms with Gasteiger partial charge in [-0.15, -0.1) is 0 Å². The van der Waals surface area contributed by atoms with Crippen molar-refractivity contribution in [1.82, 2.24) is 9.97 Å². The molecule has 5 rings (SSSR count). The van der Waals surface area contributed by atoms with Gasteiger partial charge in [0.2, 0.25) is 0 Å². The Bertz CT molecular complexity index is 1090. The Kier molecular flexibility index (Phi) is 4.41. The smallest absolute Gasteiger partial charge is 0.347 e. The van der Waals surface area contributed by atoms with Crippen LogP contribution in [0.25, 0.3) is 22.2 Å². The van der Waals surface area contributed by atoms with Gasteiger partial charge in [-0.3, -0.25) is 0 Å². The van der Waals surface area contributed by atoms with Crippen LogP contribution < -0.4 is 0 Å². The van der Waals surface area contributed by atoms with Gasteiger partial charge in [0.1, 0.15) is 0 Å². The molecule has 0 spiro atoms. The van der Waals surface area contributed by atoms with Crippen molar-refractivity contribution in [1.29, 1.82) is 0 Å². The minimum atomic E-state index is -0.555. The number of hydrogen-bond donors (Lipinski definition) is 0. The van der Waals surface area contributed by atoms with Crippen LogP contribution in [-0.2, 0) is 4.74 Å². The van der Waals surface area contributed by atoms with E-state index in [0.29, 0.717) is 11.1 Å². The first-order chi connectivity index (χ1) is 13.2. The van der Waals surface area contributed by atoms with Crippen LogP contribution in [0.1, 0.15) is 20.7 Å². The van der Waals surface area contributed by atoms with Crippen LogP contribution in [0.15, 0.2) is 85.2 Å². The molecule has 0 unspecified atom stereocenters. The second-order valence-corrected chi connectivity index (χ2v) is 5.82. The molecule has 1 aliphatic heterocycles. The fourth-order valence-electron chi connectivity index (χ4n) is 2.89. The summed E-state index contributed by atoms with van der Waals surface area (Å²) in [6.07, 6.45) is 3.49. The van der Waals surface area contributed by atoms with Crippen LogP contribution >= 0.6 is 0 Å². The zero-order valence-electron chi connectivity index (χ0n) is 14.2. The van der Waals surface area contributed by atoms with Gasteiger partial charge in [0, 0.05) is 18.0 Å². The van der Waals surface area contributed by atoms with Gasteiger partial charge in [0.15, 0.2) is 5.82 Å². The fourth-order valence-corrected chi connectivity index (χ4v) is 2.89. The predicted molar refractivity (Wildman–Crippen MR) is 101 cm³/mol. The van der Waals surface area contributed by atoms with Crippen LogP contribution in [0.2, 0.25) is 0 Å². The Morgan fingerprint density at radius 2 is 1.37 bits per heavy atom. The van der Waals surface area contributed by atoms with E-state index in [2.05, 4.69) is 14.7 Å². The highest BCUT2D eigenvalue weighted by Gasteiger charge is 2.31. The summed E-state index contributed by atoms with van der Waals surface area (Å²) in [7, 11) is 0. The summed E-state index contributed by atoms with van der Waals surface area (Å²) in [6, 6.07) is 22.6. The van der Waals surface area contributed by atoms with Crippen LogP contribution in [0.4, 0.5) is 0 Å². The topological polar surface area (TPSA) is 69.2 Å². The molecule has 0 N–H and O–H groups in total. The molecule has 130 valence electrons. The summed E-state index contributed by atoms with van der Waals surface area (Å²) in [6.45, 7) is 0. The number of benzene rings is 3. The number of rotatable bonds is 1. The van der Waals surface area contributed by atoms with Crippen molar-refractivity contribution in [3.05, 3.63) is 96.3 Å². The van der Waals surface area contributed by atoms with Crippen molar-refractivity contribution in [3.63, 3.8) is 0 Å². The Balaban J connectivity index is 0.000000137. The molecule has 0 atom stereocenters. The Labute approximate surface area is 155 Å². The number of fused-ring (bicyclic) bond motifs is 3. The number of esters is 2. The van der Waals surface area contributed by atoms with Crippen molar-refractivity contribution >= 4 is 22.7 Å². The fraction of sp³-hybridized carbons (Fsp3) is 0. The molecule has 0 aliphatic carbocycles. The largest absolute Gasteiger partial charge is 0.386 e. The van der Waals surface area contributed by atoms with E-state index in [4.69, 9.17) is 0 Å². The van der Waals surface area contributed by atoms with Crippen LogP contribution in [0.5, 0.6) is 0 Å². The summed E-state index contributed by atoms with van der Waals surface area (Å²) in [5.41, 5.74) is 1.80. The third kappa shape index (κ3) is 3.30. The number of nitrogens with zero attached hydrogens (tertiary/aromatic N) is 2. The average molecular weight is 354 g/mol. The number of ether oxygens (including phenoxy) is 1. The highest BCUT2D eigenvalue weighted by molar-refractivity contribution is 6.21. The number of carbonyl (C=O) groups excluding carboxylic acids is 2. The molecule has 0 saturated heterocycles. The Morgan fingerprint density at radius 3 is 2.15 bits per heavy atom. The van der Waals surface area contributed by atoms with Gasteiger partial charge in [-0.1, -0.05) is 60.7 Å². The average Bonchev–Trinajstić information content (AvgIpc) is 3.04. The molecule has 0 saturated carbocycles. The maximum absolute atomic E-state index is 11.4. The normalized spacial score (nSPS) is 12.1. The number of hydrogen-bond acceptors (Lipinski definition) is 5. The first kappa shape index (κ1) is 16.6. The molecule has 2 heterocycles. The molecule has 5 heteroatoms. The minimum absolute atomic E-state index is 0.360. The second-order valence-electron chi connectivity index (χ2n) is 5.82. The molecule has 27 heavy (non-hydrogen) atoms. The first-order valence-corrected chi connectivity index (χ1v) is 8.35. The maximum atomic E-state index is 11.4. The molecule has 1 aromatic heterocycles. The third-order valence-electron chi connectivity index (χ3n) is 4.14. The quantitative estimate of drug-likeness (QED) is 0.377. The van der Waals surface area contributed by atoms with Gasteiger partial charge in [-0.05, 0) is 22.9 Å². The van der Waals surface area contributed by atoms with Crippen LogP contribution in [0.3, 0.4) is 0 Å². The number of aromatic nitrogens is 2. The lowest BCUT2D eigenvalue weighted by molar-refractivity contribution is 0.0444. The monoisotopic (exact) mass is 354 g/mol. The SMILES string of the molecule is O=C1OC(=O)c2c1ccc1ccccc21.c1ccc(-c2ncccn2)cc1. The van der Waals surface area contributed by atoms with Crippen molar-refractivity contribution < 1.29 is 14.3 Å². The standard InChI is InChI=1S/C12H6O3.C10H8N2/c13-11-9-6-5-7-3-1-2-4-8(7)10(9)12(14)15-11;1-2-5-9(6-3-1)10-11-7-4-8-12-10/h1-6H;1-8H. The summed E-state index contributed by atoms with van der Waals surface area (Å²) in [5.74, 6) is -0.328. The van der Waals surface area contributed by atoms with E-state index in [1.165, 1.54) is 0 Å². The molecule has 1 aliphatic rings. The lowest BCUT2D eigenvalue weighted by Crippen LogP contribution is -1.97. The van der Waals surface area contributed by atoms with Crippen LogP contribution in [0, 0.1) is 0 Å². The zero-order chi connectivity index (χ0) is 18.6. The van der Waals surface area contributed by atoms with Gasteiger partial charge >= 0.3 is 11.9 Å².